The molecule has 1 atom stereocenters. The van der Waals surface area contributed by atoms with Crippen molar-refractivity contribution >= 4 is 46.0 Å². The maximum Gasteiger partial charge on any atom is 0.335 e. The van der Waals surface area contributed by atoms with Crippen LogP contribution in [0, 0.1) is 0 Å². The number of nitrogens with zero attached hydrogens (tertiary/aromatic N) is 1. The Morgan fingerprint density at radius 3 is 2.36 bits per heavy atom. The van der Waals surface area contributed by atoms with E-state index in [1.165, 1.54) is 30.3 Å². The summed E-state index contributed by atoms with van der Waals surface area (Å²) in [5, 5.41) is 33.0. The summed E-state index contributed by atoms with van der Waals surface area (Å²) in [4.78, 5) is 23.7. The van der Waals surface area contributed by atoms with Gasteiger partial charge in [-0.3, -0.25) is 4.79 Å². The van der Waals surface area contributed by atoms with E-state index in [1.807, 2.05) is 0 Å². The molecule has 28 heavy (non-hydrogen) atoms. The number of aromatic nitrogens is 1. The third-order valence-electron chi connectivity index (χ3n) is 4.50. The number of carboxylic acids is 1. The molecule has 7 nitrogen and oxygen atoms in total. The molecule has 0 radical (unpaired) electrons. The Balaban J connectivity index is 1.96. The Hall–Kier alpha value is -2.58. The van der Waals surface area contributed by atoms with Crippen LogP contribution in [0.3, 0.4) is 0 Å². The average Bonchev–Trinajstić information content (AvgIpc) is 3.02. The number of aliphatic hydroxyl groups is 2. The van der Waals surface area contributed by atoms with E-state index in [1.54, 1.807) is 23.7 Å². The first-order valence-electron chi connectivity index (χ1n) is 8.11. The van der Waals surface area contributed by atoms with Gasteiger partial charge in [-0.25, -0.2) is 4.79 Å². The fourth-order valence-electron chi connectivity index (χ4n) is 2.91. The lowest BCUT2D eigenvalue weighted by molar-refractivity contribution is -0.0420. The Morgan fingerprint density at radius 1 is 1.14 bits per heavy atom. The Kier molecular flexibility index (Phi) is 5.36. The normalized spacial score (nSPS) is 13.3. The van der Waals surface area contributed by atoms with Gasteiger partial charge in [-0.05, 0) is 30.3 Å². The smallest absolute Gasteiger partial charge is 0.335 e. The summed E-state index contributed by atoms with van der Waals surface area (Å²) in [5.74, 6) is -1.79. The second-order valence-electron chi connectivity index (χ2n) is 6.24. The van der Waals surface area contributed by atoms with Crippen LogP contribution in [0.5, 0.6) is 0 Å². The summed E-state index contributed by atoms with van der Waals surface area (Å²) in [6.45, 7) is -0.818. The maximum atomic E-state index is 12.8. The van der Waals surface area contributed by atoms with Crippen molar-refractivity contribution in [1.82, 2.24) is 9.88 Å². The fraction of sp³-hybridized carbons (Fsp3) is 0.158. The number of carboxylic acid groups (broad SMARTS) is 1. The van der Waals surface area contributed by atoms with Crippen molar-refractivity contribution in [2.24, 2.45) is 7.05 Å². The van der Waals surface area contributed by atoms with Crippen molar-refractivity contribution in [1.29, 1.82) is 0 Å². The minimum atomic E-state index is -2.11. The topological polar surface area (TPSA) is 112 Å². The first-order chi connectivity index (χ1) is 13.2. The number of aliphatic hydroxyl groups excluding tert-OH is 1. The molecule has 4 N–H and O–H groups in total. The van der Waals surface area contributed by atoms with Gasteiger partial charge in [0.25, 0.3) is 5.91 Å². The van der Waals surface area contributed by atoms with Crippen molar-refractivity contribution in [2.75, 3.05) is 6.61 Å². The van der Waals surface area contributed by atoms with Crippen LogP contribution in [0.25, 0.3) is 10.9 Å². The number of halogens is 2. The van der Waals surface area contributed by atoms with Gasteiger partial charge in [0.15, 0.2) is 5.72 Å². The van der Waals surface area contributed by atoms with E-state index in [4.69, 9.17) is 28.3 Å². The molecule has 0 unspecified atom stereocenters. The van der Waals surface area contributed by atoms with E-state index in [9.17, 15) is 19.8 Å². The fourth-order valence-corrected chi connectivity index (χ4v) is 3.29. The lowest BCUT2D eigenvalue weighted by atomic mass is 10.0. The number of nitrogens with one attached hydrogen (secondary N) is 1. The highest BCUT2D eigenvalue weighted by molar-refractivity contribution is 6.45. The zero-order valence-electron chi connectivity index (χ0n) is 14.6. The van der Waals surface area contributed by atoms with E-state index in [0.29, 0.717) is 20.9 Å². The third kappa shape index (κ3) is 3.45. The molecule has 0 aliphatic rings. The van der Waals surface area contributed by atoms with E-state index in [0.717, 1.165) is 0 Å². The minimum absolute atomic E-state index is 0.00979. The monoisotopic (exact) mass is 422 g/mol. The summed E-state index contributed by atoms with van der Waals surface area (Å²) in [5.41, 5.74) is -1.11. The number of amides is 1. The standard InChI is InChI=1S/C19H16Cl2N2O5/c1-23-14-7-6-13(20)16(21)12(14)8-15(23)17(25)22-19(28,9-24)11-4-2-10(3-5-11)18(26)27/h2-8,24,28H,9H2,1H3,(H,22,25)(H,26,27)/t19-/m1/s1. The Morgan fingerprint density at radius 2 is 1.79 bits per heavy atom. The molecule has 0 spiro atoms. The van der Waals surface area contributed by atoms with Gasteiger partial charge in [0, 0.05) is 23.5 Å². The van der Waals surface area contributed by atoms with Crippen LogP contribution in [0.15, 0.2) is 42.5 Å². The van der Waals surface area contributed by atoms with Gasteiger partial charge in [0.2, 0.25) is 0 Å². The molecule has 146 valence electrons. The Bertz CT molecular complexity index is 1080. The zero-order chi connectivity index (χ0) is 20.6. The van der Waals surface area contributed by atoms with Crippen LogP contribution in [-0.2, 0) is 12.8 Å². The molecular weight excluding hydrogens is 407 g/mol. The second kappa shape index (κ2) is 7.44. The molecular formula is C19H16Cl2N2O5. The van der Waals surface area contributed by atoms with Crippen LogP contribution in [0.1, 0.15) is 26.4 Å². The molecule has 0 aliphatic heterocycles. The highest BCUT2D eigenvalue weighted by atomic mass is 35.5. The van der Waals surface area contributed by atoms with Crippen LogP contribution < -0.4 is 5.32 Å². The van der Waals surface area contributed by atoms with Gasteiger partial charge in [0.1, 0.15) is 5.69 Å². The second-order valence-corrected chi connectivity index (χ2v) is 7.02. The number of rotatable bonds is 5. The maximum absolute atomic E-state index is 12.8. The molecule has 3 aromatic rings. The molecule has 3 rings (SSSR count). The van der Waals surface area contributed by atoms with Crippen LogP contribution in [-0.4, -0.2) is 38.4 Å². The van der Waals surface area contributed by atoms with Gasteiger partial charge in [-0.2, -0.15) is 0 Å². The Labute approximate surface area is 169 Å². The van der Waals surface area contributed by atoms with Gasteiger partial charge < -0.3 is 25.2 Å². The highest BCUT2D eigenvalue weighted by Crippen LogP contribution is 2.32. The van der Waals surface area contributed by atoms with Crippen molar-refractivity contribution in [3.63, 3.8) is 0 Å². The first kappa shape index (κ1) is 20.2. The molecule has 0 saturated carbocycles. The van der Waals surface area contributed by atoms with E-state index in [-0.39, 0.29) is 16.8 Å². The van der Waals surface area contributed by atoms with Gasteiger partial charge in [0.05, 0.1) is 22.2 Å². The van der Waals surface area contributed by atoms with Gasteiger partial charge in [-0.15, -0.1) is 0 Å². The van der Waals surface area contributed by atoms with Crippen molar-refractivity contribution in [2.45, 2.75) is 5.72 Å². The van der Waals surface area contributed by atoms with Crippen LogP contribution in [0.4, 0.5) is 0 Å². The molecule has 9 heteroatoms. The van der Waals surface area contributed by atoms with Crippen molar-refractivity contribution < 1.29 is 24.9 Å². The molecule has 1 amide bonds. The summed E-state index contributed by atoms with van der Waals surface area (Å²) >= 11 is 12.2. The largest absolute Gasteiger partial charge is 0.478 e. The van der Waals surface area contributed by atoms with Gasteiger partial charge >= 0.3 is 5.97 Å². The molecule has 0 aliphatic carbocycles. The van der Waals surface area contributed by atoms with E-state index < -0.39 is 24.2 Å². The van der Waals surface area contributed by atoms with Gasteiger partial charge in [-0.1, -0.05) is 35.3 Å². The molecule has 2 aromatic carbocycles. The number of aryl methyl sites for hydroxylation is 1. The number of fused-ring (bicyclic) bond motifs is 1. The molecule has 0 saturated heterocycles. The average molecular weight is 423 g/mol. The first-order valence-corrected chi connectivity index (χ1v) is 8.86. The zero-order valence-corrected chi connectivity index (χ0v) is 16.1. The number of carbonyl (C=O) groups is 2. The lowest BCUT2D eigenvalue weighted by Gasteiger charge is -2.27. The van der Waals surface area contributed by atoms with E-state index >= 15 is 0 Å². The molecule has 1 aromatic heterocycles. The van der Waals surface area contributed by atoms with E-state index in [2.05, 4.69) is 5.32 Å². The van der Waals surface area contributed by atoms with Crippen LogP contribution >= 0.6 is 23.2 Å². The minimum Gasteiger partial charge on any atom is -0.478 e. The summed E-state index contributed by atoms with van der Waals surface area (Å²) in [6, 6.07) is 10.0. The summed E-state index contributed by atoms with van der Waals surface area (Å²) < 4.78 is 1.58. The number of carbonyl (C=O) groups excluding carboxylic acids is 1. The number of hydrogen-bond donors (Lipinski definition) is 4. The van der Waals surface area contributed by atoms with Crippen molar-refractivity contribution in [3.8, 4) is 0 Å². The SMILES string of the molecule is Cn1c(C(=O)N[C@@](O)(CO)c2ccc(C(=O)O)cc2)cc2c(Cl)c(Cl)ccc21. The molecule has 1 heterocycles. The highest BCUT2D eigenvalue weighted by Gasteiger charge is 2.32. The number of aromatic carboxylic acids is 1. The summed E-state index contributed by atoms with van der Waals surface area (Å²) in [6.07, 6.45) is 0. The van der Waals surface area contributed by atoms with Crippen molar-refractivity contribution in [3.05, 3.63) is 69.3 Å². The lowest BCUT2D eigenvalue weighted by Crippen LogP contribution is -2.49. The predicted octanol–water partition coefficient (Wildman–Crippen LogP) is 2.75. The quantitative estimate of drug-likeness (QED) is 0.472. The molecule has 0 fully saturated rings. The number of benzene rings is 2. The molecule has 0 bridgehead atoms. The predicted molar refractivity (Wildman–Crippen MR) is 105 cm³/mol. The third-order valence-corrected chi connectivity index (χ3v) is 5.32. The summed E-state index contributed by atoms with van der Waals surface area (Å²) in [7, 11) is 1.65. The number of hydrogen-bond acceptors (Lipinski definition) is 4. The van der Waals surface area contributed by atoms with Crippen LogP contribution in [0.2, 0.25) is 10.0 Å².